The molecule has 58 valence electrons. The minimum atomic E-state index is 0.0925. The van der Waals surface area contributed by atoms with Crippen molar-refractivity contribution >= 4 is 17.6 Å². The molecule has 11 heavy (non-hydrogen) atoms. The third-order valence-corrected chi connectivity index (χ3v) is 3.08. The molecule has 1 aliphatic carbocycles. The number of hydrogen-bond acceptors (Lipinski definition) is 3. The highest BCUT2D eigenvalue weighted by atomic mass is 32.1. The van der Waals surface area contributed by atoms with Crippen molar-refractivity contribution in [1.29, 1.82) is 0 Å². The minimum absolute atomic E-state index is 0.0925. The molecule has 0 fully saturated rings. The molecule has 1 heterocycles. The first-order chi connectivity index (χ1) is 5.31. The molecule has 2 nitrogen and oxygen atoms in total. The molecule has 0 bridgehead atoms. The number of thiazole rings is 1. The van der Waals surface area contributed by atoms with Gasteiger partial charge < -0.3 is 4.79 Å². The fraction of sp³-hybridized carbons (Fsp3) is 0.500. The second-order valence-corrected chi connectivity index (χ2v) is 4.11. The van der Waals surface area contributed by atoms with Crippen molar-refractivity contribution in [2.45, 2.75) is 25.7 Å². The summed E-state index contributed by atoms with van der Waals surface area (Å²) in [6.45, 7) is 1.99. The number of hydrogen-bond donors (Lipinski definition) is 0. The Morgan fingerprint density at radius 3 is 3.27 bits per heavy atom. The highest BCUT2D eigenvalue weighted by Crippen LogP contribution is 2.34. The van der Waals surface area contributed by atoms with Crippen molar-refractivity contribution in [3.05, 3.63) is 15.6 Å². The normalized spacial score (nSPS) is 21.7. The van der Waals surface area contributed by atoms with Crippen molar-refractivity contribution in [1.82, 2.24) is 4.98 Å². The van der Waals surface area contributed by atoms with Crippen LogP contribution in [-0.2, 0) is 11.2 Å². The lowest BCUT2D eigenvalue weighted by molar-refractivity contribution is -0.109. The smallest absolute Gasteiger partial charge is 0.129 e. The van der Waals surface area contributed by atoms with Crippen LogP contribution in [0.3, 0.4) is 0 Å². The number of aldehydes is 1. The zero-order chi connectivity index (χ0) is 7.84. The standard InChI is InChI=1S/C8H9NOS/c1-5-9-8-6(4-10)2-3-7(8)11-5/h4,6H,2-3H2,1H3. The Kier molecular flexibility index (Phi) is 1.53. The van der Waals surface area contributed by atoms with Crippen molar-refractivity contribution in [2.75, 3.05) is 0 Å². The van der Waals surface area contributed by atoms with Gasteiger partial charge in [-0.3, -0.25) is 0 Å². The van der Waals surface area contributed by atoms with E-state index in [-0.39, 0.29) is 5.92 Å². The molecule has 1 aliphatic rings. The van der Waals surface area contributed by atoms with Crippen LogP contribution in [0.25, 0.3) is 0 Å². The molecular formula is C8H9NOS. The van der Waals surface area contributed by atoms with Gasteiger partial charge in [-0.25, -0.2) is 4.98 Å². The second kappa shape index (κ2) is 2.41. The summed E-state index contributed by atoms with van der Waals surface area (Å²) in [6.07, 6.45) is 3.03. The fourth-order valence-electron chi connectivity index (χ4n) is 1.51. The average molecular weight is 167 g/mol. The summed E-state index contributed by atoms with van der Waals surface area (Å²) in [6, 6.07) is 0. The minimum Gasteiger partial charge on any atom is -0.303 e. The molecule has 3 heteroatoms. The van der Waals surface area contributed by atoms with Gasteiger partial charge in [-0.15, -0.1) is 11.3 Å². The summed E-state index contributed by atoms with van der Waals surface area (Å²) in [5.74, 6) is 0.0925. The van der Waals surface area contributed by atoms with Crippen LogP contribution in [0, 0.1) is 6.92 Å². The van der Waals surface area contributed by atoms with Crippen LogP contribution in [0.2, 0.25) is 0 Å². The summed E-state index contributed by atoms with van der Waals surface area (Å²) in [4.78, 5) is 16.2. The van der Waals surface area contributed by atoms with E-state index in [1.165, 1.54) is 4.88 Å². The molecule has 1 aromatic heterocycles. The largest absolute Gasteiger partial charge is 0.303 e. The molecule has 0 N–H and O–H groups in total. The van der Waals surface area contributed by atoms with Gasteiger partial charge in [-0.05, 0) is 19.8 Å². The Bertz CT molecular complexity index is 292. The van der Waals surface area contributed by atoms with E-state index in [4.69, 9.17) is 0 Å². The topological polar surface area (TPSA) is 30.0 Å². The van der Waals surface area contributed by atoms with Crippen LogP contribution in [-0.4, -0.2) is 11.3 Å². The van der Waals surface area contributed by atoms with Crippen LogP contribution in [0.1, 0.15) is 27.9 Å². The van der Waals surface area contributed by atoms with Crippen molar-refractivity contribution in [3.8, 4) is 0 Å². The number of nitrogens with zero attached hydrogens (tertiary/aromatic N) is 1. The van der Waals surface area contributed by atoms with Gasteiger partial charge in [0.05, 0.1) is 16.6 Å². The van der Waals surface area contributed by atoms with Gasteiger partial charge in [0, 0.05) is 4.88 Å². The molecule has 0 spiro atoms. The molecule has 0 aliphatic heterocycles. The maximum Gasteiger partial charge on any atom is 0.129 e. The van der Waals surface area contributed by atoms with Crippen molar-refractivity contribution in [2.24, 2.45) is 0 Å². The SMILES string of the molecule is Cc1nc2c(s1)CCC2C=O. The second-order valence-electron chi connectivity index (χ2n) is 2.82. The van der Waals surface area contributed by atoms with Gasteiger partial charge in [0.2, 0.25) is 0 Å². The first kappa shape index (κ1) is 6.98. The third-order valence-electron chi connectivity index (χ3n) is 2.03. The zero-order valence-corrected chi connectivity index (χ0v) is 7.15. The predicted molar refractivity (Wildman–Crippen MR) is 44.0 cm³/mol. The third kappa shape index (κ3) is 0.997. The number of fused-ring (bicyclic) bond motifs is 1. The molecule has 1 unspecified atom stereocenters. The van der Waals surface area contributed by atoms with Gasteiger partial charge in [0.15, 0.2) is 0 Å². The lowest BCUT2D eigenvalue weighted by atomic mass is 10.1. The van der Waals surface area contributed by atoms with Crippen LogP contribution in [0.15, 0.2) is 0 Å². The molecule has 0 radical (unpaired) electrons. The van der Waals surface area contributed by atoms with E-state index in [0.717, 1.165) is 29.8 Å². The first-order valence-electron chi connectivity index (χ1n) is 3.72. The number of carbonyl (C=O) groups is 1. The zero-order valence-electron chi connectivity index (χ0n) is 6.33. The molecule has 2 rings (SSSR count). The van der Waals surface area contributed by atoms with E-state index in [1.807, 2.05) is 6.92 Å². The summed E-state index contributed by atoms with van der Waals surface area (Å²) in [7, 11) is 0. The first-order valence-corrected chi connectivity index (χ1v) is 4.54. The molecule has 0 amide bonds. The van der Waals surface area contributed by atoms with Crippen LogP contribution in [0.4, 0.5) is 0 Å². The molecule has 1 atom stereocenters. The molecule has 0 saturated carbocycles. The van der Waals surface area contributed by atoms with Gasteiger partial charge in [0.1, 0.15) is 6.29 Å². The summed E-state index contributed by atoms with van der Waals surface area (Å²) < 4.78 is 0. The Morgan fingerprint density at radius 1 is 1.73 bits per heavy atom. The van der Waals surface area contributed by atoms with Crippen LogP contribution < -0.4 is 0 Å². The van der Waals surface area contributed by atoms with Crippen LogP contribution >= 0.6 is 11.3 Å². The highest BCUT2D eigenvalue weighted by molar-refractivity contribution is 7.11. The van der Waals surface area contributed by atoms with Gasteiger partial charge >= 0.3 is 0 Å². The van der Waals surface area contributed by atoms with E-state index in [9.17, 15) is 4.79 Å². The quantitative estimate of drug-likeness (QED) is 0.596. The van der Waals surface area contributed by atoms with E-state index in [1.54, 1.807) is 11.3 Å². The lowest BCUT2D eigenvalue weighted by Gasteiger charge is -1.94. The number of carbonyl (C=O) groups excluding carboxylic acids is 1. The van der Waals surface area contributed by atoms with E-state index >= 15 is 0 Å². The monoisotopic (exact) mass is 167 g/mol. The highest BCUT2D eigenvalue weighted by Gasteiger charge is 2.25. The predicted octanol–water partition coefficient (Wildman–Crippen LogP) is 1.68. The average Bonchev–Trinajstić information content (AvgIpc) is 2.45. The Balaban J connectivity index is 2.44. The Morgan fingerprint density at radius 2 is 2.55 bits per heavy atom. The summed E-state index contributed by atoms with van der Waals surface area (Å²) in [5.41, 5.74) is 1.04. The van der Waals surface area contributed by atoms with Gasteiger partial charge in [-0.2, -0.15) is 0 Å². The number of aryl methyl sites for hydroxylation is 2. The van der Waals surface area contributed by atoms with E-state index in [0.29, 0.717) is 0 Å². The molecular weight excluding hydrogens is 158 g/mol. The molecule has 1 aromatic rings. The fourth-order valence-corrected chi connectivity index (χ4v) is 2.53. The maximum atomic E-state index is 10.5. The lowest BCUT2D eigenvalue weighted by Crippen LogP contribution is -1.94. The molecule has 0 aromatic carbocycles. The maximum absolute atomic E-state index is 10.5. The van der Waals surface area contributed by atoms with Crippen molar-refractivity contribution in [3.63, 3.8) is 0 Å². The molecule has 0 saturated heterocycles. The van der Waals surface area contributed by atoms with Gasteiger partial charge in [-0.1, -0.05) is 0 Å². The number of rotatable bonds is 1. The van der Waals surface area contributed by atoms with Gasteiger partial charge in [0.25, 0.3) is 0 Å². The Hall–Kier alpha value is -0.700. The summed E-state index contributed by atoms with van der Waals surface area (Å²) in [5, 5.41) is 1.08. The summed E-state index contributed by atoms with van der Waals surface area (Å²) >= 11 is 1.73. The van der Waals surface area contributed by atoms with Crippen LogP contribution in [0.5, 0.6) is 0 Å². The Labute approximate surface area is 69.3 Å². The van der Waals surface area contributed by atoms with E-state index < -0.39 is 0 Å². The van der Waals surface area contributed by atoms with Crippen molar-refractivity contribution < 1.29 is 4.79 Å². The number of aromatic nitrogens is 1. The van der Waals surface area contributed by atoms with E-state index in [2.05, 4.69) is 4.98 Å².